The van der Waals surface area contributed by atoms with Crippen molar-refractivity contribution in [3.8, 4) is 0 Å². The molecule has 2 amide bonds. The molecule has 0 spiro atoms. The lowest BCUT2D eigenvalue weighted by atomic mass is 10.0. The van der Waals surface area contributed by atoms with E-state index in [-0.39, 0.29) is 18.4 Å². The van der Waals surface area contributed by atoms with E-state index in [2.05, 4.69) is 12.2 Å². The van der Waals surface area contributed by atoms with Crippen LogP contribution in [0.5, 0.6) is 0 Å². The first-order valence-electron chi connectivity index (χ1n) is 7.44. The molecule has 114 valence electrons. The molecule has 1 fully saturated rings. The number of nitrogens with zero attached hydrogens (tertiary/aromatic N) is 1. The molecule has 1 atom stereocenters. The van der Waals surface area contributed by atoms with Crippen molar-refractivity contribution in [1.29, 1.82) is 0 Å². The average molecular weight is 290 g/mol. The number of benzene rings is 1. The molecule has 1 aliphatic rings. The summed E-state index contributed by atoms with van der Waals surface area (Å²) in [6, 6.07) is 8.82. The fourth-order valence-corrected chi connectivity index (χ4v) is 2.38. The molecule has 0 radical (unpaired) electrons. The van der Waals surface area contributed by atoms with E-state index in [1.165, 1.54) is 0 Å². The fraction of sp³-hybridized carbons (Fsp3) is 0.500. The molecule has 1 N–H and O–H groups in total. The smallest absolute Gasteiger partial charge is 0.247 e. The molecule has 0 aromatic heterocycles. The Morgan fingerprint density at radius 1 is 1.24 bits per heavy atom. The number of hydrogen-bond donors (Lipinski definition) is 1. The van der Waals surface area contributed by atoms with E-state index in [1.54, 1.807) is 4.90 Å². The first-order valence-corrected chi connectivity index (χ1v) is 7.44. The Labute approximate surface area is 125 Å². The summed E-state index contributed by atoms with van der Waals surface area (Å²) in [7, 11) is 0. The molecular weight excluding hydrogens is 268 g/mol. The first-order chi connectivity index (χ1) is 10.2. The number of hydrogen-bond acceptors (Lipinski definition) is 3. The van der Waals surface area contributed by atoms with E-state index in [0.29, 0.717) is 19.8 Å². The third kappa shape index (κ3) is 4.04. The summed E-state index contributed by atoms with van der Waals surface area (Å²) in [5.74, 6) is -0.197. The van der Waals surface area contributed by atoms with E-state index in [4.69, 9.17) is 4.74 Å². The van der Waals surface area contributed by atoms with Crippen LogP contribution in [-0.4, -0.2) is 43.0 Å². The fourth-order valence-electron chi connectivity index (χ4n) is 2.38. The van der Waals surface area contributed by atoms with Gasteiger partial charge in [0.2, 0.25) is 11.8 Å². The maximum absolute atomic E-state index is 12.1. The normalized spacial score (nSPS) is 18.7. The first kappa shape index (κ1) is 15.5. The van der Waals surface area contributed by atoms with Crippen LogP contribution in [0.25, 0.3) is 0 Å². The maximum atomic E-state index is 12.1. The lowest BCUT2D eigenvalue weighted by Crippen LogP contribution is -2.54. The van der Waals surface area contributed by atoms with Crippen molar-refractivity contribution >= 4 is 11.8 Å². The van der Waals surface area contributed by atoms with Gasteiger partial charge in [-0.1, -0.05) is 43.7 Å². The van der Waals surface area contributed by atoms with Crippen LogP contribution in [0.3, 0.4) is 0 Å². The Morgan fingerprint density at radius 3 is 2.71 bits per heavy atom. The molecule has 2 rings (SSSR count). The summed E-state index contributed by atoms with van der Waals surface area (Å²) in [5.41, 5.74) is 0.830. The number of carbonyl (C=O) groups is 2. The Morgan fingerprint density at radius 2 is 2.00 bits per heavy atom. The highest BCUT2D eigenvalue weighted by Crippen LogP contribution is 2.23. The van der Waals surface area contributed by atoms with Crippen molar-refractivity contribution in [3.05, 3.63) is 35.9 Å². The maximum Gasteiger partial charge on any atom is 0.247 e. The summed E-state index contributed by atoms with van der Waals surface area (Å²) in [5, 5.41) is 2.65. The van der Waals surface area contributed by atoms with Gasteiger partial charge >= 0.3 is 0 Å². The van der Waals surface area contributed by atoms with Crippen LogP contribution in [0.4, 0.5) is 0 Å². The Kier molecular flexibility index (Phi) is 5.75. The van der Waals surface area contributed by atoms with E-state index in [1.807, 2.05) is 30.3 Å². The molecule has 1 aromatic carbocycles. The number of ether oxygens (including phenoxy) is 1. The van der Waals surface area contributed by atoms with Gasteiger partial charge in [0.15, 0.2) is 0 Å². The van der Waals surface area contributed by atoms with Gasteiger partial charge in [0.05, 0.1) is 13.2 Å². The number of piperazine rings is 1. The summed E-state index contributed by atoms with van der Waals surface area (Å²) in [4.78, 5) is 25.9. The van der Waals surface area contributed by atoms with Crippen molar-refractivity contribution < 1.29 is 14.3 Å². The van der Waals surface area contributed by atoms with E-state index in [0.717, 1.165) is 18.4 Å². The zero-order chi connectivity index (χ0) is 15.1. The molecule has 1 saturated heterocycles. The van der Waals surface area contributed by atoms with Crippen LogP contribution >= 0.6 is 0 Å². The zero-order valence-electron chi connectivity index (χ0n) is 12.4. The second-order valence-electron chi connectivity index (χ2n) is 5.08. The Bertz CT molecular complexity index is 476. The molecule has 1 unspecified atom stereocenters. The summed E-state index contributed by atoms with van der Waals surface area (Å²) < 4.78 is 5.52. The quantitative estimate of drug-likeness (QED) is 0.774. The topological polar surface area (TPSA) is 58.6 Å². The van der Waals surface area contributed by atoms with Gasteiger partial charge in [0.25, 0.3) is 0 Å². The number of amides is 2. The summed E-state index contributed by atoms with van der Waals surface area (Å²) >= 11 is 0. The van der Waals surface area contributed by atoms with Crippen LogP contribution in [-0.2, 0) is 14.3 Å². The minimum atomic E-state index is -0.553. The minimum absolute atomic E-state index is 0.0666. The highest BCUT2D eigenvalue weighted by molar-refractivity contribution is 5.95. The monoisotopic (exact) mass is 290 g/mol. The second kappa shape index (κ2) is 7.78. The number of rotatable bonds is 7. The van der Waals surface area contributed by atoms with Crippen molar-refractivity contribution in [2.24, 2.45) is 0 Å². The predicted molar refractivity (Wildman–Crippen MR) is 79.6 cm³/mol. The van der Waals surface area contributed by atoms with Gasteiger partial charge in [-0.2, -0.15) is 0 Å². The van der Waals surface area contributed by atoms with E-state index in [9.17, 15) is 9.59 Å². The molecular formula is C16H22N2O3. The van der Waals surface area contributed by atoms with Gasteiger partial charge in [-0.25, -0.2) is 0 Å². The Balaban J connectivity index is 2.03. The highest BCUT2D eigenvalue weighted by Gasteiger charge is 2.35. The minimum Gasteiger partial charge on any atom is -0.380 e. The number of unbranched alkanes of at least 4 members (excludes halogenated alkanes) is 1. The van der Waals surface area contributed by atoms with E-state index < -0.39 is 6.04 Å². The molecule has 0 saturated carbocycles. The average Bonchev–Trinajstić information content (AvgIpc) is 2.51. The van der Waals surface area contributed by atoms with Gasteiger partial charge in [0.1, 0.15) is 6.04 Å². The third-order valence-corrected chi connectivity index (χ3v) is 3.53. The van der Waals surface area contributed by atoms with Crippen molar-refractivity contribution in [3.63, 3.8) is 0 Å². The van der Waals surface area contributed by atoms with Crippen LogP contribution in [0.15, 0.2) is 30.3 Å². The van der Waals surface area contributed by atoms with E-state index >= 15 is 0 Å². The molecule has 5 heteroatoms. The zero-order valence-corrected chi connectivity index (χ0v) is 12.4. The largest absolute Gasteiger partial charge is 0.380 e. The van der Waals surface area contributed by atoms with Crippen molar-refractivity contribution in [1.82, 2.24) is 10.2 Å². The van der Waals surface area contributed by atoms with Gasteiger partial charge in [0, 0.05) is 13.2 Å². The molecule has 5 nitrogen and oxygen atoms in total. The Hall–Kier alpha value is -1.88. The van der Waals surface area contributed by atoms with Gasteiger partial charge in [-0.3, -0.25) is 9.59 Å². The van der Waals surface area contributed by atoms with Gasteiger partial charge in [-0.05, 0) is 12.0 Å². The number of nitrogens with one attached hydrogen (secondary N) is 1. The second-order valence-corrected chi connectivity index (χ2v) is 5.08. The van der Waals surface area contributed by atoms with Crippen LogP contribution in [0, 0.1) is 0 Å². The lowest BCUT2D eigenvalue weighted by Gasteiger charge is -2.35. The molecule has 0 aliphatic carbocycles. The molecule has 21 heavy (non-hydrogen) atoms. The van der Waals surface area contributed by atoms with Crippen molar-refractivity contribution in [2.45, 2.75) is 25.8 Å². The standard InChI is InChI=1S/C16H22N2O3/c1-2-3-10-21-11-9-18-14(19)12-17-16(20)15(18)13-7-5-4-6-8-13/h4-8,15H,2-3,9-12H2,1H3,(H,17,20). The molecule has 0 bridgehead atoms. The van der Waals surface area contributed by atoms with Crippen LogP contribution in [0.2, 0.25) is 0 Å². The van der Waals surface area contributed by atoms with Crippen molar-refractivity contribution in [2.75, 3.05) is 26.3 Å². The molecule has 1 aromatic rings. The third-order valence-electron chi connectivity index (χ3n) is 3.53. The molecule has 1 aliphatic heterocycles. The number of carbonyl (C=O) groups excluding carboxylic acids is 2. The van der Waals surface area contributed by atoms with Gasteiger partial charge < -0.3 is 15.0 Å². The van der Waals surface area contributed by atoms with Gasteiger partial charge in [-0.15, -0.1) is 0 Å². The van der Waals surface area contributed by atoms with Crippen LogP contribution < -0.4 is 5.32 Å². The van der Waals surface area contributed by atoms with Crippen LogP contribution in [0.1, 0.15) is 31.4 Å². The SMILES string of the molecule is CCCCOCCN1C(=O)CNC(=O)C1c1ccccc1. The highest BCUT2D eigenvalue weighted by atomic mass is 16.5. The lowest BCUT2D eigenvalue weighted by molar-refractivity contribution is -0.146. The summed E-state index contributed by atoms with van der Waals surface area (Å²) in [6.07, 6.45) is 2.09. The summed E-state index contributed by atoms with van der Waals surface area (Å²) in [6.45, 7) is 3.77. The predicted octanol–water partition coefficient (Wildman–Crippen LogP) is 1.50. The molecule has 1 heterocycles.